The van der Waals surface area contributed by atoms with Crippen molar-refractivity contribution < 1.29 is 4.79 Å². The molecule has 1 aromatic rings. The molecule has 6 heteroatoms. The molecule has 0 aliphatic rings. The second-order valence-corrected chi connectivity index (χ2v) is 4.75. The van der Waals surface area contributed by atoms with Gasteiger partial charge in [-0.25, -0.2) is 4.79 Å². The van der Waals surface area contributed by atoms with Crippen molar-refractivity contribution >= 4 is 5.91 Å². The van der Waals surface area contributed by atoms with Gasteiger partial charge in [0.05, 0.1) is 0 Å². The number of carbonyl (C=O) groups excluding carboxylic acids is 1. The van der Waals surface area contributed by atoms with E-state index in [1.807, 2.05) is 20.8 Å². The van der Waals surface area contributed by atoms with Gasteiger partial charge in [-0.15, -0.1) is 0 Å². The molecule has 1 aromatic heterocycles. The molecule has 1 amide bonds. The fraction of sp³-hybridized carbons (Fsp3) is 0.615. The SMILES string of the molecule is CCCn1ccc(=O)n(CCC(=O)NC(C)C)c1=O. The van der Waals surface area contributed by atoms with Gasteiger partial charge in [-0.1, -0.05) is 6.92 Å². The Labute approximate surface area is 112 Å². The maximum absolute atomic E-state index is 12.0. The van der Waals surface area contributed by atoms with E-state index in [1.54, 1.807) is 0 Å². The summed E-state index contributed by atoms with van der Waals surface area (Å²) in [5.41, 5.74) is -0.721. The van der Waals surface area contributed by atoms with Crippen molar-refractivity contribution in [2.45, 2.75) is 52.7 Å². The third-order valence-electron chi connectivity index (χ3n) is 2.62. The minimum Gasteiger partial charge on any atom is -0.354 e. The Morgan fingerprint density at radius 2 is 2.00 bits per heavy atom. The highest BCUT2D eigenvalue weighted by atomic mass is 16.2. The van der Waals surface area contributed by atoms with Crippen LogP contribution in [0.2, 0.25) is 0 Å². The zero-order valence-corrected chi connectivity index (χ0v) is 11.7. The molecule has 1 heterocycles. The molecule has 0 aliphatic carbocycles. The van der Waals surface area contributed by atoms with Crippen LogP contribution < -0.4 is 16.6 Å². The first kappa shape index (κ1) is 15.2. The van der Waals surface area contributed by atoms with E-state index in [0.717, 1.165) is 11.0 Å². The molecular weight excluding hydrogens is 246 g/mol. The molecule has 0 bridgehead atoms. The lowest BCUT2D eigenvalue weighted by Crippen LogP contribution is -2.40. The number of hydrogen-bond acceptors (Lipinski definition) is 3. The number of rotatable bonds is 6. The minimum absolute atomic E-state index is 0.0525. The molecule has 0 spiro atoms. The molecule has 0 aromatic carbocycles. The predicted octanol–water partition coefficient (Wildman–Crippen LogP) is 0.335. The Morgan fingerprint density at radius 3 is 2.58 bits per heavy atom. The highest BCUT2D eigenvalue weighted by molar-refractivity contribution is 5.76. The Morgan fingerprint density at radius 1 is 1.32 bits per heavy atom. The summed E-state index contributed by atoms with van der Waals surface area (Å²) in [6.07, 6.45) is 2.44. The van der Waals surface area contributed by atoms with E-state index >= 15 is 0 Å². The highest BCUT2D eigenvalue weighted by Gasteiger charge is 2.08. The van der Waals surface area contributed by atoms with Crippen LogP contribution in [-0.2, 0) is 17.9 Å². The molecule has 0 saturated heterocycles. The predicted molar refractivity (Wildman–Crippen MR) is 73.1 cm³/mol. The smallest absolute Gasteiger partial charge is 0.330 e. The van der Waals surface area contributed by atoms with Crippen molar-refractivity contribution in [3.63, 3.8) is 0 Å². The molecule has 0 fully saturated rings. The first-order valence-electron chi connectivity index (χ1n) is 6.55. The summed E-state index contributed by atoms with van der Waals surface area (Å²) in [6.45, 7) is 6.36. The molecule has 106 valence electrons. The summed E-state index contributed by atoms with van der Waals surface area (Å²) in [7, 11) is 0. The molecule has 0 radical (unpaired) electrons. The molecule has 0 unspecified atom stereocenters. The molecule has 0 aliphatic heterocycles. The Balaban J connectivity index is 2.83. The second-order valence-electron chi connectivity index (χ2n) is 4.75. The van der Waals surface area contributed by atoms with Crippen molar-refractivity contribution in [3.8, 4) is 0 Å². The molecule has 1 N–H and O–H groups in total. The Bertz CT molecular complexity index is 543. The van der Waals surface area contributed by atoms with E-state index in [0.29, 0.717) is 6.54 Å². The van der Waals surface area contributed by atoms with Crippen molar-refractivity contribution in [2.75, 3.05) is 0 Å². The van der Waals surface area contributed by atoms with Crippen LogP contribution in [0.25, 0.3) is 0 Å². The number of nitrogens with one attached hydrogen (secondary N) is 1. The summed E-state index contributed by atoms with van der Waals surface area (Å²) in [5.74, 6) is -0.160. The van der Waals surface area contributed by atoms with Crippen LogP contribution in [-0.4, -0.2) is 21.1 Å². The summed E-state index contributed by atoms with van der Waals surface area (Å²) in [5, 5.41) is 2.73. The average molecular weight is 267 g/mol. The second kappa shape index (κ2) is 6.92. The van der Waals surface area contributed by atoms with E-state index in [-0.39, 0.29) is 36.2 Å². The van der Waals surface area contributed by atoms with Crippen molar-refractivity contribution in [2.24, 2.45) is 0 Å². The Kier molecular flexibility index (Phi) is 5.54. The monoisotopic (exact) mass is 267 g/mol. The summed E-state index contributed by atoms with van der Waals surface area (Å²) < 4.78 is 2.59. The topological polar surface area (TPSA) is 73.1 Å². The van der Waals surface area contributed by atoms with Gasteiger partial charge in [0.15, 0.2) is 0 Å². The van der Waals surface area contributed by atoms with Gasteiger partial charge in [0.1, 0.15) is 0 Å². The van der Waals surface area contributed by atoms with Crippen molar-refractivity contribution in [3.05, 3.63) is 33.1 Å². The number of carbonyl (C=O) groups is 1. The van der Waals surface area contributed by atoms with E-state index in [2.05, 4.69) is 5.32 Å². The zero-order valence-electron chi connectivity index (χ0n) is 11.7. The highest BCUT2D eigenvalue weighted by Crippen LogP contribution is 1.88. The van der Waals surface area contributed by atoms with Crippen LogP contribution in [0.3, 0.4) is 0 Å². The van der Waals surface area contributed by atoms with Crippen LogP contribution in [0.4, 0.5) is 0 Å². The standard InChI is InChI=1S/C13H21N3O3/c1-4-7-15-8-6-12(18)16(13(15)19)9-5-11(17)14-10(2)3/h6,8,10H,4-5,7,9H2,1-3H3,(H,14,17). The molecule has 0 atom stereocenters. The van der Waals surface area contributed by atoms with E-state index in [4.69, 9.17) is 0 Å². The lowest BCUT2D eigenvalue weighted by Gasteiger charge is -2.10. The van der Waals surface area contributed by atoms with Crippen LogP contribution in [0.5, 0.6) is 0 Å². The average Bonchev–Trinajstić information content (AvgIpc) is 2.32. The lowest BCUT2D eigenvalue weighted by molar-refractivity contribution is -0.121. The fourth-order valence-corrected chi connectivity index (χ4v) is 1.78. The van der Waals surface area contributed by atoms with Gasteiger partial charge in [-0.3, -0.25) is 14.2 Å². The molecule has 1 rings (SSSR count). The van der Waals surface area contributed by atoms with Gasteiger partial charge in [0.25, 0.3) is 5.56 Å². The minimum atomic E-state index is -0.366. The summed E-state index contributed by atoms with van der Waals surface area (Å²) in [6, 6.07) is 1.41. The largest absolute Gasteiger partial charge is 0.354 e. The van der Waals surface area contributed by atoms with Gasteiger partial charge in [-0.2, -0.15) is 0 Å². The number of aryl methyl sites for hydroxylation is 1. The van der Waals surface area contributed by atoms with Crippen LogP contribution in [0.15, 0.2) is 21.9 Å². The third kappa shape index (κ3) is 4.39. The van der Waals surface area contributed by atoms with Gasteiger partial charge in [-0.05, 0) is 20.3 Å². The maximum Gasteiger partial charge on any atom is 0.330 e. The van der Waals surface area contributed by atoms with Crippen molar-refractivity contribution in [1.82, 2.24) is 14.5 Å². The fourth-order valence-electron chi connectivity index (χ4n) is 1.78. The van der Waals surface area contributed by atoms with Gasteiger partial charge in [0, 0.05) is 37.8 Å². The van der Waals surface area contributed by atoms with Gasteiger partial charge >= 0.3 is 5.69 Å². The number of aromatic nitrogens is 2. The number of amides is 1. The summed E-state index contributed by atoms with van der Waals surface area (Å²) in [4.78, 5) is 35.2. The molecule has 0 saturated carbocycles. The molecule has 6 nitrogen and oxygen atoms in total. The quantitative estimate of drug-likeness (QED) is 0.807. The summed E-state index contributed by atoms with van der Waals surface area (Å²) >= 11 is 0. The van der Waals surface area contributed by atoms with Crippen molar-refractivity contribution in [1.29, 1.82) is 0 Å². The van der Waals surface area contributed by atoms with Crippen LogP contribution >= 0.6 is 0 Å². The molecular formula is C13H21N3O3. The maximum atomic E-state index is 12.0. The van der Waals surface area contributed by atoms with Gasteiger partial charge in [0.2, 0.25) is 5.91 Å². The third-order valence-corrected chi connectivity index (χ3v) is 2.62. The van der Waals surface area contributed by atoms with E-state index in [1.165, 1.54) is 16.8 Å². The Hall–Kier alpha value is -1.85. The van der Waals surface area contributed by atoms with E-state index in [9.17, 15) is 14.4 Å². The number of nitrogens with zero attached hydrogens (tertiary/aromatic N) is 2. The van der Waals surface area contributed by atoms with Crippen LogP contribution in [0.1, 0.15) is 33.6 Å². The van der Waals surface area contributed by atoms with Gasteiger partial charge < -0.3 is 9.88 Å². The number of hydrogen-bond donors (Lipinski definition) is 1. The van der Waals surface area contributed by atoms with E-state index < -0.39 is 0 Å². The first-order valence-corrected chi connectivity index (χ1v) is 6.55. The van der Waals surface area contributed by atoms with Crippen LogP contribution in [0, 0.1) is 0 Å². The molecule has 19 heavy (non-hydrogen) atoms. The lowest BCUT2D eigenvalue weighted by atomic mass is 10.3. The first-order chi connectivity index (χ1) is 8.95. The zero-order chi connectivity index (χ0) is 14.4. The normalized spacial score (nSPS) is 10.7.